The normalized spacial score (nSPS) is 19.8. The van der Waals surface area contributed by atoms with Gasteiger partial charge in [0.15, 0.2) is 0 Å². The van der Waals surface area contributed by atoms with Crippen molar-refractivity contribution in [2.45, 2.75) is 25.6 Å². The van der Waals surface area contributed by atoms with Crippen LogP contribution in [0.4, 0.5) is 0 Å². The standard InChI is InChI=1S/C24H22N2O3/c1-2-28-17-13-11-16(12-14-17)24-26-21(19-8-4-6-10-23(19)29-24)15-20(25-26)18-7-3-5-9-22(18)27/h3-14,21,24,27H,2,15H2,1H3/t21-,24-/m1/s1. The Morgan fingerprint density at radius 1 is 1.03 bits per heavy atom. The average Bonchev–Trinajstić information content (AvgIpc) is 3.20. The summed E-state index contributed by atoms with van der Waals surface area (Å²) in [5.74, 6) is 1.96. The predicted molar refractivity (Wildman–Crippen MR) is 111 cm³/mol. The molecule has 5 heteroatoms. The van der Waals surface area contributed by atoms with Crippen LogP contribution in [0.15, 0.2) is 77.9 Å². The quantitative estimate of drug-likeness (QED) is 0.683. The van der Waals surface area contributed by atoms with Crippen molar-refractivity contribution >= 4 is 5.71 Å². The van der Waals surface area contributed by atoms with Crippen LogP contribution in [0.3, 0.4) is 0 Å². The maximum atomic E-state index is 10.3. The fraction of sp³-hybridized carbons (Fsp3) is 0.208. The van der Waals surface area contributed by atoms with Gasteiger partial charge in [0.1, 0.15) is 17.2 Å². The molecular weight excluding hydrogens is 364 g/mol. The van der Waals surface area contributed by atoms with Gasteiger partial charge in [-0.05, 0) is 49.4 Å². The molecule has 0 spiro atoms. The maximum Gasteiger partial charge on any atom is 0.213 e. The molecule has 0 radical (unpaired) electrons. The number of hydrazone groups is 1. The van der Waals surface area contributed by atoms with Gasteiger partial charge in [-0.25, -0.2) is 5.01 Å². The highest BCUT2D eigenvalue weighted by Gasteiger charge is 2.41. The highest BCUT2D eigenvalue weighted by Crippen LogP contribution is 2.47. The molecule has 146 valence electrons. The highest BCUT2D eigenvalue weighted by molar-refractivity contribution is 6.04. The summed E-state index contributed by atoms with van der Waals surface area (Å²) in [7, 11) is 0. The predicted octanol–water partition coefficient (Wildman–Crippen LogP) is 5.03. The first-order valence-corrected chi connectivity index (χ1v) is 9.87. The van der Waals surface area contributed by atoms with Crippen molar-refractivity contribution in [1.82, 2.24) is 5.01 Å². The van der Waals surface area contributed by atoms with Crippen molar-refractivity contribution < 1.29 is 14.6 Å². The third-order valence-electron chi connectivity index (χ3n) is 5.39. The molecule has 0 bridgehead atoms. The van der Waals surface area contributed by atoms with Crippen molar-refractivity contribution in [2.24, 2.45) is 5.10 Å². The van der Waals surface area contributed by atoms with Crippen LogP contribution in [0.5, 0.6) is 17.2 Å². The molecule has 2 aliphatic rings. The van der Waals surface area contributed by atoms with Gasteiger partial charge in [0.05, 0.1) is 18.4 Å². The van der Waals surface area contributed by atoms with Crippen molar-refractivity contribution in [3.63, 3.8) is 0 Å². The number of benzene rings is 3. The van der Waals surface area contributed by atoms with Crippen LogP contribution in [-0.2, 0) is 0 Å². The van der Waals surface area contributed by atoms with Crippen LogP contribution in [0, 0.1) is 0 Å². The molecule has 29 heavy (non-hydrogen) atoms. The van der Waals surface area contributed by atoms with Gasteiger partial charge in [0.25, 0.3) is 0 Å². The van der Waals surface area contributed by atoms with Crippen molar-refractivity contribution in [3.05, 3.63) is 89.5 Å². The number of hydrogen-bond donors (Lipinski definition) is 1. The zero-order valence-electron chi connectivity index (χ0n) is 16.2. The number of phenolic OH excluding ortho intramolecular Hbond substituents is 1. The lowest BCUT2D eigenvalue weighted by atomic mass is 9.95. The summed E-state index contributed by atoms with van der Waals surface area (Å²) in [5.41, 5.74) is 3.76. The first-order chi connectivity index (χ1) is 14.2. The van der Waals surface area contributed by atoms with Crippen LogP contribution < -0.4 is 9.47 Å². The topological polar surface area (TPSA) is 54.3 Å². The third kappa shape index (κ3) is 3.09. The van der Waals surface area contributed by atoms with Crippen LogP contribution in [0.2, 0.25) is 0 Å². The molecule has 2 atom stereocenters. The Morgan fingerprint density at radius 2 is 1.79 bits per heavy atom. The maximum absolute atomic E-state index is 10.3. The van der Waals surface area contributed by atoms with Crippen LogP contribution in [0.25, 0.3) is 0 Å². The highest BCUT2D eigenvalue weighted by atomic mass is 16.5. The van der Waals surface area contributed by atoms with Crippen molar-refractivity contribution in [2.75, 3.05) is 6.61 Å². The fourth-order valence-corrected chi connectivity index (χ4v) is 4.03. The van der Waals surface area contributed by atoms with Crippen LogP contribution in [0.1, 0.15) is 42.3 Å². The van der Waals surface area contributed by atoms with Gasteiger partial charge in [0, 0.05) is 23.1 Å². The number of fused-ring (bicyclic) bond motifs is 3. The summed E-state index contributed by atoms with van der Waals surface area (Å²) < 4.78 is 11.9. The number of phenols is 1. The van der Waals surface area contributed by atoms with Gasteiger partial charge < -0.3 is 14.6 Å². The van der Waals surface area contributed by atoms with E-state index >= 15 is 0 Å². The molecule has 1 N–H and O–H groups in total. The van der Waals surface area contributed by atoms with E-state index in [1.807, 2.05) is 72.6 Å². The zero-order chi connectivity index (χ0) is 19.8. The first-order valence-electron chi connectivity index (χ1n) is 9.87. The Kier molecular flexibility index (Phi) is 4.35. The van der Waals surface area contributed by atoms with E-state index in [0.717, 1.165) is 33.9 Å². The first kappa shape index (κ1) is 17.6. The molecule has 0 aliphatic carbocycles. The number of hydrogen-bond acceptors (Lipinski definition) is 5. The lowest BCUT2D eigenvalue weighted by Gasteiger charge is -2.38. The summed E-state index contributed by atoms with van der Waals surface area (Å²) in [6, 6.07) is 23.5. The van der Waals surface area contributed by atoms with E-state index in [4.69, 9.17) is 14.6 Å². The minimum Gasteiger partial charge on any atom is -0.507 e. The smallest absolute Gasteiger partial charge is 0.213 e. The van der Waals surface area contributed by atoms with E-state index in [1.54, 1.807) is 6.07 Å². The van der Waals surface area contributed by atoms with Gasteiger partial charge in [-0.2, -0.15) is 5.10 Å². The van der Waals surface area contributed by atoms with Crippen LogP contribution in [-0.4, -0.2) is 22.4 Å². The number of para-hydroxylation sites is 2. The summed E-state index contributed by atoms with van der Waals surface area (Å²) in [4.78, 5) is 0. The van der Waals surface area contributed by atoms with Gasteiger partial charge in [-0.15, -0.1) is 0 Å². The molecule has 3 aromatic rings. The number of aromatic hydroxyl groups is 1. The monoisotopic (exact) mass is 386 g/mol. The van der Waals surface area contributed by atoms with E-state index in [2.05, 4.69) is 6.07 Å². The van der Waals surface area contributed by atoms with Gasteiger partial charge >= 0.3 is 0 Å². The summed E-state index contributed by atoms with van der Waals surface area (Å²) in [5, 5.41) is 17.2. The van der Waals surface area contributed by atoms with Gasteiger partial charge in [-0.3, -0.25) is 0 Å². The largest absolute Gasteiger partial charge is 0.507 e. The van der Waals surface area contributed by atoms with Crippen molar-refractivity contribution in [1.29, 1.82) is 0 Å². The Labute approximate surface area is 169 Å². The molecule has 0 saturated heterocycles. The molecule has 5 rings (SSSR count). The molecule has 2 heterocycles. The van der Waals surface area contributed by atoms with E-state index in [1.165, 1.54) is 0 Å². The molecule has 0 amide bonds. The van der Waals surface area contributed by atoms with E-state index in [9.17, 15) is 5.11 Å². The molecule has 2 aliphatic heterocycles. The Morgan fingerprint density at radius 3 is 2.59 bits per heavy atom. The SMILES string of the molecule is CCOc1ccc([C@H]2Oc3ccccc3[C@H]3CC(c4ccccc4O)=NN32)cc1. The minimum absolute atomic E-state index is 0.0612. The summed E-state index contributed by atoms with van der Waals surface area (Å²) in [6.07, 6.45) is 0.375. The number of rotatable bonds is 4. The minimum atomic E-state index is -0.339. The third-order valence-corrected chi connectivity index (χ3v) is 5.39. The van der Waals surface area contributed by atoms with Gasteiger partial charge in [-0.1, -0.05) is 30.3 Å². The zero-order valence-corrected chi connectivity index (χ0v) is 16.2. The molecule has 0 saturated carbocycles. The van der Waals surface area contributed by atoms with Gasteiger partial charge in [0.2, 0.25) is 6.23 Å². The summed E-state index contributed by atoms with van der Waals surface area (Å²) in [6.45, 7) is 2.61. The fourth-order valence-electron chi connectivity index (χ4n) is 4.03. The lowest BCUT2D eigenvalue weighted by molar-refractivity contribution is -0.0190. The molecule has 0 unspecified atom stereocenters. The number of nitrogens with zero attached hydrogens (tertiary/aromatic N) is 2. The second kappa shape index (κ2) is 7.17. The van der Waals surface area contributed by atoms with Crippen molar-refractivity contribution in [3.8, 4) is 17.2 Å². The lowest BCUT2D eigenvalue weighted by Crippen LogP contribution is -2.33. The Hall–Kier alpha value is -3.47. The van der Waals surface area contributed by atoms with E-state index < -0.39 is 0 Å². The van der Waals surface area contributed by atoms with Crippen LogP contribution >= 0.6 is 0 Å². The summed E-state index contributed by atoms with van der Waals surface area (Å²) >= 11 is 0. The van der Waals surface area contributed by atoms with E-state index in [-0.39, 0.29) is 18.0 Å². The Balaban J connectivity index is 1.56. The number of ether oxygens (including phenoxy) is 2. The molecular formula is C24H22N2O3. The molecule has 3 aromatic carbocycles. The average molecular weight is 386 g/mol. The van der Waals surface area contributed by atoms with E-state index in [0.29, 0.717) is 13.0 Å². The second-order valence-corrected chi connectivity index (χ2v) is 7.17. The Bertz CT molecular complexity index is 1060. The molecule has 5 nitrogen and oxygen atoms in total. The second-order valence-electron chi connectivity index (χ2n) is 7.17. The molecule has 0 aromatic heterocycles. The molecule has 0 fully saturated rings.